The van der Waals surface area contributed by atoms with Gasteiger partial charge in [-0.2, -0.15) is 5.26 Å². The minimum atomic E-state index is -0.376. The topological polar surface area (TPSA) is 64.9 Å². The number of nitriles is 1. The molecule has 0 aliphatic carbocycles. The fourth-order valence-electron chi connectivity index (χ4n) is 1.88. The molecule has 0 aliphatic rings. The number of anilines is 2. The molecule has 0 aromatic heterocycles. The van der Waals surface area contributed by atoms with Gasteiger partial charge in [0.1, 0.15) is 6.04 Å². The van der Waals surface area contributed by atoms with Gasteiger partial charge in [0.05, 0.1) is 11.6 Å². The van der Waals surface area contributed by atoms with Crippen molar-refractivity contribution in [2.45, 2.75) is 19.9 Å². The second kappa shape index (κ2) is 6.58. The Morgan fingerprint density at radius 3 is 2.52 bits per heavy atom. The van der Waals surface area contributed by atoms with Gasteiger partial charge in [0.2, 0.25) is 5.91 Å². The normalized spacial score (nSPS) is 11.3. The maximum Gasteiger partial charge on any atom is 0.246 e. The number of hydrogen-bond acceptors (Lipinski definition) is 3. The summed E-state index contributed by atoms with van der Waals surface area (Å²) in [5, 5.41) is 14.8. The first-order valence-electron chi connectivity index (χ1n) is 6.73. The molecule has 0 aliphatic heterocycles. The van der Waals surface area contributed by atoms with E-state index >= 15 is 0 Å². The van der Waals surface area contributed by atoms with Gasteiger partial charge in [0, 0.05) is 11.4 Å². The zero-order valence-electron chi connectivity index (χ0n) is 12.1. The van der Waals surface area contributed by atoms with Crippen molar-refractivity contribution in [1.82, 2.24) is 0 Å². The number of aryl methyl sites for hydroxylation is 1. The van der Waals surface area contributed by atoms with Crippen LogP contribution in [0.5, 0.6) is 0 Å². The number of carbonyl (C=O) groups is 1. The summed E-state index contributed by atoms with van der Waals surface area (Å²) < 4.78 is 0. The zero-order valence-corrected chi connectivity index (χ0v) is 12.1. The number of rotatable bonds is 4. The van der Waals surface area contributed by atoms with E-state index in [4.69, 9.17) is 5.26 Å². The van der Waals surface area contributed by atoms with E-state index < -0.39 is 0 Å². The SMILES string of the molecule is Cc1ccc(N[C@@H](C)C(=O)Nc2cccc(C#N)c2)cc1. The van der Waals surface area contributed by atoms with Crippen molar-refractivity contribution in [2.24, 2.45) is 0 Å². The molecule has 0 saturated carbocycles. The van der Waals surface area contributed by atoms with Crippen molar-refractivity contribution in [1.29, 1.82) is 5.26 Å². The third-order valence-corrected chi connectivity index (χ3v) is 3.09. The van der Waals surface area contributed by atoms with Gasteiger partial charge in [-0.3, -0.25) is 4.79 Å². The van der Waals surface area contributed by atoms with Crippen LogP contribution < -0.4 is 10.6 Å². The van der Waals surface area contributed by atoms with E-state index in [1.807, 2.05) is 37.3 Å². The van der Waals surface area contributed by atoms with Gasteiger partial charge >= 0.3 is 0 Å². The summed E-state index contributed by atoms with van der Waals surface area (Å²) in [6, 6.07) is 16.4. The molecule has 0 heterocycles. The van der Waals surface area contributed by atoms with Crippen LogP contribution in [0.2, 0.25) is 0 Å². The number of carbonyl (C=O) groups excluding carboxylic acids is 1. The predicted molar refractivity (Wildman–Crippen MR) is 84.1 cm³/mol. The van der Waals surface area contributed by atoms with Crippen molar-refractivity contribution in [2.75, 3.05) is 10.6 Å². The molecular formula is C17H17N3O. The lowest BCUT2D eigenvalue weighted by atomic mass is 10.2. The van der Waals surface area contributed by atoms with E-state index in [9.17, 15) is 4.79 Å². The molecular weight excluding hydrogens is 262 g/mol. The number of benzene rings is 2. The Labute approximate surface area is 124 Å². The first-order chi connectivity index (χ1) is 10.1. The highest BCUT2D eigenvalue weighted by Crippen LogP contribution is 2.13. The Morgan fingerprint density at radius 2 is 1.86 bits per heavy atom. The van der Waals surface area contributed by atoms with Gasteiger partial charge in [-0.25, -0.2) is 0 Å². The zero-order chi connectivity index (χ0) is 15.2. The minimum absolute atomic E-state index is 0.148. The van der Waals surface area contributed by atoms with Crippen molar-refractivity contribution >= 4 is 17.3 Å². The maximum absolute atomic E-state index is 12.1. The lowest BCUT2D eigenvalue weighted by Gasteiger charge is -2.15. The molecule has 1 amide bonds. The van der Waals surface area contributed by atoms with E-state index in [1.54, 1.807) is 31.2 Å². The van der Waals surface area contributed by atoms with Crippen LogP contribution in [0.25, 0.3) is 0 Å². The average molecular weight is 279 g/mol. The number of hydrogen-bond donors (Lipinski definition) is 2. The smallest absolute Gasteiger partial charge is 0.246 e. The number of nitrogens with one attached hydrogen (secondary N) is 2. The van der Waals surface area contributed by atoms with E-state index in [0.717, 1.165) is 5.69 Å². The van der Waals surface area contributed by atoms with Crippen molar-refractivity contribution in [3.05, 3.63) is 59.7 Å². The van der Waals surface area contributed by atoms with Crippen LogP contribution in [-0.4, -0.2) is 11.9 Å². The molecule has 2 rings (SSSR count). The number of amides is 1. The Hall–Kier alpha value is -2.80. The summed E-state index contributed by atoms with van der Waals surface area (Å²) in [6.45, 7) is 3.81. The van der Waals surface area contributed by atoms with Gasteiger partial charge in [-0.05, 0) is 44.2 Å². The van der Waals surface area contributed by atoms with E-state index in [2.05, 4.69) is 10.6 Å². The molecule has 0 fully saturated rings. The molecule has 21 heavy (non-hydrogen) atoms. The Balaban J connectivity index is 1.99. The first kappa shape index (κ1) is 14.6. The molecule has 2 aromatic carbocycles. The summed E-state index contributed by atoms with van der Waals surface area (Å²) in [7, 11) is 0. The second-order valence-electron chi connectivity index (χ2n) is 4.91. The van der Waals surface area contributed by atoms with Crippen molar-refractivity contribution in [3.8, 4) is 6.07 Å². The van der Waals surface area contributed by atoms with Crippen LogP contribution in [0.4, 0.5) is 11.4 Å². The van der Waals surface area contributed by atoms with E-state index in [0.29, 0.717) is 11.3 Å². The first-order valence-corrected chi connectivity index (χ1v) is 6.73. The van der Waals surface area contributed by atoms with Crippen LogP contribution in [0.15, 0.2) is 48.5 Å². The van der Waals surface area contributed by atoms with Gasteiger partial charge < -0.3 is 10.6 Å². The van der Waals surface area contributed by atoms with E-state index in [1.165, 1.54) is 5.56 Å². The van der Waals surface area contributed by atoms with Gasteiger partial charge in [0.25, 0.3) is 0 Å². The van der Waals surface area contributed by atoms with E-state index in [-0.39, 0.29) is 11.9 Å². The molecule has 0 bridgehead atoms. The molecule has 4 heteroatoms. The molecule has 2 N–H and O–H groups in total. The monoisotopic (exact) mass is 279 g/mol. The van der Waals surface area contributed by atoms with Crippen molar-refractivity contribution < 1.29 is 4.79 Å². The quantitative estimate of drug-likeness (QED) is 0.902. The third-order valence-electron chi connectivity index (χ3n) is 3.09. The Morgan fingerprint density at radius 1 is 1.14 bits per heavy atom. The van der Waals surface area contributed by atoms with Gasteiger partial charge in [0.15, 0.2) is 0 Å². The summed E-state index contributed by atoms with van der Waals surface area (Å²) >= 11 is 0. The molecule has 0 radical (unpaired) electrons. The largest absolute Gasteiger partial charge is 0.374 e. The fourth-order valence-corrected chi connectivity index (χ4v) is 1.88. The standard InChI is InChI=1S/C17H17N3O/c1-12-6-8-15(9-7-12)19-13(2)17(21)20-16-5-3-4-14(10-16)11-18/h3-10,13,19H,1-2H3,(H,20,21)/t13-/m0/s1. The van der Waals surface area contributed by atoms with Crippen LogP contribution in [-0.2, 0) is 4.79 Å². The molecule has 2 aromatic rings. The lowest BCUT2D eigenvalue weighted by Crippen LogP contribution is -2.31. The highest BCUT2D eigenvalue weighted by atomic mass is 16.2. The summed E-state index contributed by atoms with van der Waals surface area (Å²) in [5.41, 5.74) is 3.21. The number of nitrogens with zero attached hydrogens (tertiary/aromatic N) is 1. The van der Waals surface area contributed by atoms with Crippen LogP contribution >= 0.6 is 0 Å². The highest BCUT2D eigenvalue weighted by Gasteiger charge is 2.12. The molecule has 4 nitrogen and oxygen atoms in total. The second-order valence-corrected chi connectivity index (χ2v) is 4.91. The Bertz CT molecular complexity index is 671. The van der Waals surface area contributed by atoms with Gasteiger partial charge in [-0.1, -0.05) is 23.8 Å². The van der Waals surface area contributed by atoms with Crippen LogP contribution in [0.3, 0.4) is 0 Å². The third kappa shape index (κ3) is 4.08. The molecule has 1 atom stereocenters. The average Bonchev–Trinajstić information content (AvgIpc) is 2.49. The van der Waals surface area contributed by atoms with Crippen LogP contribution in [0.1, 0.15) is 18.1 Å². The maximum atomic E-state index is 12.1. The highest BCUT2D eigenvalue weighted by molar-refractivity contribution is 5.96. The summed E-state index contributed by atoms with van der Waals surface area (Å²) in [4.78, 5) is 12.1. The van der Waals surface area contributed by atoms with Gasteiger partial charge in [-0.15, -0.1) is 0 Å². The molecule has 0 spiro atoms. The minimum Gasteiger partial charge on any atom is -0.374 e. The predicted octanol–water partition coefficient (Wildman–Crippen LogP) is 3.31. The lowest BCUT2D eigenvalue weighted by molar-refractivity contribution is -0.116. The van der Waals surface area contributed by atoms with Crippen molar-refractivity contribution in [3.63, 3.8) is 0 Å². The Kier molecular flexibility index (Phi) is 4.57. The fraction of sp³-hybridized carbons (Fsp3) is 0.176. The summed E-state index contributed by atoms with van der Waals surface area (Å²) in [5.74, 6) is -0.148. The molecule has 106 valence electrons. The van der Waals surface area contributed by atoms with Crippen LogP contribution in [0, 0.1) is 18.3 Å². The molecule has 0 unspecified atom stereocenters. The summed E-state index contributed by atoms with van der Waals surface area (Å²) in [6.07, 6.45) is 0. The molecule has 0 saturated heterocycles.